The second-order valence-corrected chi connectivity index (χ2v) is 25.1. The van der Waals surface area contributed by atoms with Crippen LogP contribution in [0, 0.1) is 52.3 Å². The number of fused-ring (bicyclic) bond motifs is 5. The lowest BCUT2D eigenvalue weighted by molar-refractivity contribution is -0.306. The van der Waals surface area contributed by atoms with E-state index >= 15 is 0 Å². The molecular formula is C70H87NO10. The van der Waals surface area contributed by atoms with Gasteiger partial charge in [0, 0.05) is 6.92 Å². The second-order valence-electron chi connectivity index (χ2n) is 25.1. The molecule has 0 radical (unpaired) electrons. The minimum Gasteiger partial charge on any atom is -0.462 e. The fourth-order valence-electron chi connectivity index (χ4n) is 15.7. The lowest BCUT2D eigenvalue weighted by Crippen LogP contribution is -2.66. The third kappa shape index (κ3) is 14.0. The Morgan fingerprint density at radius 2 is 1.21 bits per heavy atom. The van der Waals surface area contributed by atoms with Gasteiger partial charge in [-0.15, -0.1) is 0 Å². The molecular weight excluding hydrogens is 1010 g/mol. The number of amides is 1. The Morgan fingerprint density at radius 3 is 1.83 bits per heavy atom. The van der Waals surface area contributed by atoms with Crippen molar-refractivity contribution in [1.82, 2.24) is 5.32 Å². The maximum Gasteiger partial charge on any atom is 0.338 e. The number of hydrogen-bond donors (Lipinski definition) is 1. The number of ether oxygens (including phenoxy) is 7. The van der Waals surface area contributed by atoms with E-state index in [2.05, 4.69) is 69.4 Å². The van der Waals surface area contributed by atoms with Gasteiger partial charge < -0.3 is 38.5 Å². The molecule has 5 aromatic rings. The summed E-state index contributed by atoms with van der Waals surface area (Å²) in [4.78, 5) is 39.8. The van der Waals surface area contributed by atoms with Crippen LogP contribution in [0.5, 0.6) is 0 Å². The molecule has 4 saturated carbocycles. The summed E-state index contributed by atoms with van der Waals surface area (Å²) in [6, 6.07) is 48.4. The average Bonchev–Trinajstić information content (AvgIpc) is 3.43. The number of esters is 2. The Morgan fingerprint density at radius 1 is 0.642 bits per heavy atom. The first kappa shape index (κ1) is 58.5. The van der Waals surface area contributed by atoms with Gasteiger partial charge in [0.05, 0.1) is 50.3 Å². The van der Waals surface area contributed by atoms with Crippen molar-refractivity contribution in [2.45, 2.75) is 168 Å². The molecule has 1 heterocycles. The maximum absolute atomic E-state index is 13.6. The molecule has 1 amide bonds. The van der Waals surface area contributed by atoms with Gasteiger partial charge in [-0.1, -0.05) is 168 Å². The first-order valence-electron chi connectivity index (χ1n) is 30.3. The highest BCUT2D eigenvalue weighted by Crippen LogP contribution is 2.69. The van der Waals surface area contributed by atoms with Crippen molar-refractivity contribution >= 4 is 17.8 Å². The summed E-state index contributed by atoms with van der Waals surface area (Å²) in [5.74, 6) is 1.88. The van der Waals surface area contributed by atoms with E-state index in [-0.39, 0.29) is 59.3 Å². The summed E-state index contributed by atoms with van der Waals surface area (Å²) >= 11 is 0. The standard InChI is InChI=1S/C70H87NO10/c1-47(42-78-66(73)53-30-17-9-18-31-53)22-21-23-48(2)59-41-60(62-57-35-34-55-40-56(79-67(74)54-32-19-10-20-33-54)36-38-69(55,4)58(57)37-39-70(59,62)5)80-68-63(71-49(3)72)65(77-45-52-28-15-8-16-29-52)64(76-44-51-26-13-7-14-27-51)61(81-68)46-75-43-50-24-11-6-12-25-50/h6-20,24-33,47-48,55-65,68H,21-23,34-46H2,1-5H3,(H,71,72)/t47-,48-,55+,56-,57-,58+,59-,60+,61-,62-,63-,64-,65-,68-,69+,70-/m1/s1. The number of carbonyl (C=O) groups is 3. The largest absolute Gasteiger partial charge is 0.462 e. The van der Waals surface area contributed by atoms with E-state index in [1.165, 1.54) is 0 Å². The van der Waals surface area contributed by atoms with Crippen molar-refractivity contribution < 1.29 is 47.5 Å². The topological polar surface area (TPSA) is 128 Å². The zero-order valence-electron chi connectivity index (χ0n) is 48.4. The minimum atomic E-state index is -0.874. The predicted octanol–water partition coefficient (Wildman–Crippen LogP) is 13.8. The highest BCUT2D eigenvalue weighted by Gasteiger charge is 2.65. The molecule has 5 aliphatic rings. The molecule has 10 rings (SSSR count). The first-order chi connectivity index (χ1) is 39.4. The number of nitrogens with one attached hydrogen (secondary N) is 1. The zero-order valence-corrected chi connectivity index (χ0v) is 48.4. The first-order valence-corrected chi connectivity index (χ1v) is 30.3. The lowest BCUT2D eigenvalue weighted by Gasteiger charge is -2.61. The van der Waals surface area contributed by atoms with E-state index in [9.17, 15) is 14.4 Å². The molecule has 11 heteroatoms. The monoisotopic (exact) mass is 1100 g/mol. The Hall–Kier alpha value is -5.69. The van der Waals surface area contributed by atoms with Crippen molar-refractivity contribution in [1.29, 1.82) is 0 Å². The van der Waals surface area contributed by atoms with E-state index in [4.69, 9.17) is 33.2 Å². The molecule has 1 aliphatic heterocycles. The van der Waals surface area contributed by atoms with Gasteiger partial charge in [0.15, 0.2) is 6.29 Å². The summed E-state index contributed by atoms with van der Waals surface area (Å²) < 4.78 is 47.8. The molecule has 1 N–H and O–H groups in total. The molecule has 0 bridgehead atoms. The van der Waals surface area contributed by atoms with Gasteiger partial charge in [-0.05, 0) is 151 Å². The SMILES string of the molecule is CC(=O)N[C@H]1[C@H](O[C@H]2C[C@H]([C@H](C)CCC[C@@H](C)COC(=O)c3ccccc3)[C@@]3(C)CC[C@H]4[C@@H](CC[C@H]5C[C@H](OC(=O)c6ccccc6)CC[C@@]54C)[C@H]23)O[C@H](COCc2ccccc2)[C@@H](OCc2ccccc2)[C@@H]1OCc1ccccc1. The molecule has 11 nitrogen and oxygen atoms in total. The molecule has 432 valence electrons. The van der Waals surface area contributed by atoms with Crippen molar-refractivity contribution in [3.05, 3.63) is 179 Å². The smallest absolute Gasteiger partial charge is 0.338 e. The van der Waals surface area contributed by atoms with Gasteiger partial charge in [-0.3, -0.25) is 4.79 Å². The van der Waals surface area contributed by atoms with Crippen LogP contribution in [0.15, 0.2) is 152 Å². The number of rotatable bonds is 23. The Bertz CT molecular complexity index is 2770. The van der Waals surface area contributed by atoms with E-state index in [0.717, 1.165) is 87.3 Å². The number of hydrogen-bond acceptors (Lipinski definition) is 10. The third-order valence-electron chi connectivity index (χ3n) is 19.8. The third-order valence-corrected chi connectivity index (χ3v) is 19.8. The summed E-state index contributed by atoms with van der Waals surface area (Å²) in [6.45, 7) is 12.9. The fourth-order valence-corrected chi connectivity index (χ4v) is 15.7. The maximum atomic E-state index is 13.6. The van der Waals surface area contributed by atoms with Gasteiger partial charge in [0.25, 0.3) is 0 Å². The van der Waals surface area contributed by atoms with Crippen LogP contribution in [0.25, 0.3) is 0 Å². The molecule has 0 spiro atoms. The normalized spacial score (nSPS) is 31.3. The van der Waals surface area contributed by atoms with Gasteiger partial charge in [0.1, 0.15) is 30.5 Å². The molecule has 5 fully saturated rings. The Labute approximate surface area is 481 Å². The second kappa shape index (κ2) is 27.1. The molecule has 1 saturated heterocycles. The van der Waals surface area contributed by atoms with Gasteiger partial charge >= 0.3 is 11.9 Å². The van der Waals surface area contributed by atoms with Gasteiger partial charge in [-0.25, -0.2) is 9.59 Å². The summed E-state index contributed by atoms with van der Waals surface area (Å²) in [6.07, 6.45) is 8.06. The average molecular weight is 1100 g/mol. The van der Waals surface area contributed by atoms with E-state index in [1.807, 2.05) is 103 Å². The summed E-state index contributed by atoms with van der Waals surface area (Å²) in [5, 5.41) is 3.33. The predicted molar refractivity (Wildman–Crippen MR) is 312 cm³/mol. The van der Waals surface area contributed by atoms with Crippen molar-refractivity contribution in [2.75, 3.05) is 13.2 Å². The number of benzene rings is 5. The summed E-state index contributed by atoms with van der Waals surface area (Å²) in [7, 11) is 0. The minimum absolute atomic E-state index is 0.0192. The van der Waals surface area contributed by atoms with Crippen molar-refractivity contribution in [3.8, 4) is 0 Å². The highest BCUT2D eigenvalue weighted by atomic mass is 16.7. The Balaban J connectivity index is 0.933. The van der Waals surface area contributed by atoms with Crippen LogP contribution in [-0.4, -0.2) is 73.9 Å². The van der Waals surface area contributed by atoms with Crippen molar-refractivity contribution in [2.24, 2.45) is 52.3 Å². The fraction of sp³-hybridized carbons (Fsp3) is 0.529. The molecule has 4 aliphatic carbocycles. The molecule has 0 aromatic heterocycles. The van der Waals surface area contributed by atoms with Gasteiger partial charge in [-0.2, -0.15) is 0 Å². The highest BCUT2D eigenvalue weighted by molar-refractivity contribution is 5.89. The van der Waals surface area contributed by atoms with Gasteiger partial charge in [0.2, 0.25) is 5.91 Å². The molecule has 5 aromatic carbocycles. The van der Waals surface area contributed by atoms with Crippen LogP contribution in [0.3, 0.4) is 0 Å². The number of carbonyl (C=O) groups excluding carboxylic acids is 3. The van der Waals surface area contributed by atoms with Crippen LogP contribution >= 0.6 is 0 Å². The lowest BCUT2D eigenvalue weighted by atomic mass is 9.44. The quantitative estimate of drug-likeness (QED) is 0.0632. The van der Waals surface area contributed by atoms with Crippen LogP contribution in [0.4, 0.5) is 0 Å². The van der Waals surface area contributed by atoms with E-state index in [0.29, 0.717) is 67.1 Å². The van der Waals surface area contributed by atoms with Crippen LogP contribution in [-0.2, 0) is 57.8 Å². The molecule has 0 unspecified atom stereocenters. The molecule has 81 heavy (non-hydrogen) atoms. The van der Waals surface area contributed by atoms with E-state index in [1.54, 1.807) is 19.1 Å². The summed E-state index contributed by atoms with van der Waals surface area (Å²) in [5.41, 5.74) is 4.33. The van der Waals surface area contributed by atoms with Crippen LogP contribution in [0.2, 0.25) is 0 Å². The van der Waals surface area contributed by atoms with E-state index < -0.39 is 30.6 Å². The van der Waals surface area contributed by atoms with Crippen LogP contribution < -0.4 is 5.32 Å². The Kier molecular flexibility index (Phi) is 19.6. The van der Waals surface area contributed by atoms with Crippen molar-refractivity contribution in [3.63, 3.8) is 0 Å². The van der Waals surface area contributed by atoms with Crippen LogP contribution in [0.1, 0.15) is 143 Å². The zero-order chi connectivity index (χ0) is 56.3. The molecule has 16 atom stereocenters.